The van der Waals surface area contributed by atoms with Crippen LogP contribution < -0.4 is 0 Å². The second kappa shape index (κ2) is 5.10. The Morgan fingerprint density at radius 2 is 1.86 bits per heavy atom. The quantitative estimate of drug-likeness (QED) is 0.800. The summed E-state index contributed by atoms with van der Waals surface area (Å²) in [6.45, 7) is 1.61. The first-order valence-electron chi connectivity index (χ1n) is 6.78. The summed E-state index contributed by atoms with van der Waals surface area (Å²) in [5, 5.41) is 9.51. The molecule has 0 saturated carbocycles. The Bertz CT molecular complexity index is 961. The second-order valence-electron chi connectivity index (χ2n) is 4.91. The van der Waals surface area contributed by atoms with Gasteiger partial charge in [0.15, 0.2) is 15.5 Å². The zero-order valence-corrected chi connectivity index (χ0v) is 13.0. The first-order valence-corrected chi connectivity index (χ1v) is 8.44. The van der Waals surface area contributed by atoms with E-state index in [1.807, 2.05) is 0 Å². The number of aromatic hydroxyl groups is 1. The molecule has 22 heavy (non-hydrogen) atoms. The van der Waals surface area contributed by atoms with E-state index in [0.717, 1.165) is 0 Å². The number of pyridine rings is 1. The van der Waals surface area contributed by atoms with Gasteiger partial charge in [0.2, 0.25) is 5.88 Å². The van der Waals surface area contributed by atoms with Crippen LogP contribution in [0.5, 0.6) is 5.88 Å². The Kier molecular flexibility index (Phi) is 3.37. The smallest absolute Gasteiger partial charge is 0.212 e. The minimum absolute atomic E-state index is 0.0208. The standard InChI is InChI=1S/C15H15N3O3S/c1-3-22(20,21)12-7-5-4-6-10(12)14-16-11-8-9-13(19)17-15(11)18(14)2/h4-9H,3H2,1-2H3,(H,17,19). The molecule has 0 radical (unpaired) electrons. The van der Waals surface area contributed by atoms with Gasteiger partial charge in [0, 0.05) is 18.7 Å². The lowest BCUT2D eigenvalue weighted by Crippen LogP contribution is -2.07. The van der Waals surface area contributed by atoms with Gasteiger partial charge < -0.3 is 9.67 Å². The fourth-order valence-corrected chi connectivity index (χ4v) is 3.46. The molecule has 0 bridgehead atoms. The molecule has 1 N–H and O–H groups in total. The molecular formula is C15H15N3O3S. The van der Waals surface area contributed by atoms with Crippen LogP contribution in [0.25, 0.3) is 22.6 Å². The van der Waals surface area contributed by atoms with Crippen molar-refractivity contribution in [2.75, 3.05) is 5.75 Å². The van der Waals surface area contributed by atoms with Crippen LogP contribution in [-0.4, -0.2) is 33.8 Å². The normalized spacial score (nSPS) is 11.9. The molecule has 6 nitrogen and oxygen atoms in total. The summed E-state index contributed by atoms with van der Waals surface area (Å²) >= 11 is 0. The van der Waals surface area contributed by atoms with E-state index in [4.69, 9.17) is 0 Å². The molecule has 0 aliphatic rings. The summed E-state index contributed by atoms with van der Waals surface area (Å²) in [4.78, 5) is 8.75. The number of rotatable bonds is 3. The van der Waals surface area contributed by atoms with E-state index in [1.54, 1.807) is 48.9 Å². The Morgan fingerprint density at radius 3 is 2.59 bits per heavy atom. The van der Waals surface area contributed by atoms with Crippen molar-refractivity contribution in [1.82, 2.24) is 14.5 Å². The van der Waals surface area contributed by atoms with Crippen LogP contribution in [0.1, 0.15) is 6.92 Å². The molecule has 3 aromatic rings. The van der Waals surface area contributed by atoms with E-state index in [1.165, 1.54) is 6.07 Å². The number of aryl methyl sites for hydroxylation is 1. The maximum absolute atomic E-state index is 12.3. The molecule has 0 amide bonds. The molecule has 0 aliphatic carbocycles. The summed E-state index contributed by atoms with van der Waals surface area (Å²) in [5.74, 6) is 0.421. The van der Waals surface area contributed by atoms with Gasteiger partial charge in [0.1, 0.15) is 11.3 Å². The Morgan fingerprint density at radius 1 is 1.14 bits per heavy atom. The van der Waals surface area contributed by atoms with Gasteiger partial charge in [-0.1, -0.05) is 19.1 Å². The highest BCUT2D eigenvalue weighted by molar-refractivity contribution is 7.91. The van der Waals surface area contributed by atoms with Crippen LogP contribution >= 0.6 is 0 Å². The molecule has 0 atom stereocenters. The van der Waals surface area contributed by atoms with Crippen molar-refractivity contribution in [3.05, 3.63) is 36.4 Å². The molecule has 114 valence electrons. The van der Waals surface area contributed by atoms with Crippen molar-refractivity contribution in [2.45, 2.75) is 11.8 Å². The fourth-order valence-electron chi connectivity index (χ4n) is 2.37. The van der Waals surface area contributed by atoms with E-state index in [9.17, 15) is 13.5 Å². The predicted molar refractivity (Wildman–Crippen MR) is 83.3 cm³/mol. The topological polar surface area (TPSA) is 85.1 Å². The van der Waals surface area contributed by atoms with E-state index in [2.05, 4.69) is 9.97 Å². The van der Waals surface area contributed by atoms with Gasteiger partial charge >= 0.3 is 0 Å². The number of hydrogen-bond acceptors (Lipinski definition) is 5. The van der Waals surface area contributed by atoms with Gasteiger partial charge in [-0.25, -0.2) is 13.4 Å². The van der Waals surface area contributed by atoms with Crippen LogP contribution in [0, 0.1) is 0 Å². The monoisotopic (exact) mass is 317 g/mol. The van der Waals surface area contributed by atoms with Crippen LogP contribution in [0.15, 0.2) is 41.3 Å². The first-order chi connectivity index (χ1) is 10.4. The number of benzene rings is 1. The SMILES string of the molecule is CCS(=O)(=O)c1ccccc1-c1nc2ccc(O)nc2n1C. The molecule has 2 heterocycles. The zero-order valence-electron chi connectivity index (χ0n) is 12.2. The summed E-state index contributed by atoms with van der Waals surface area (Å²) < 4.78 is 26.2. The van der Waals surface area contributed by atoms with Gasteiger partial charge in [-0.15, -0.1) is 0 Å². The number of sulfone groups is 1. The highest BCUT2D eigenvalue weighted by Gasteiger charge is 2.21. The molecule has 0 fully saturated rings. The van der Waals surface area contributed by atoms with Crippen molar-refractivity contribution >= 4 is 21.0 Å². The molecule has 0 spiro atoms. The van der Waals surface area contributed by atoms with Gasteiger partial charge in [0.05, 0.1) is 10.6 Å². The largest absolute Gasteiger partial charge is 0.493 e. The lowest BCUT2D eigenvalue weighted by Gasteiger charge is -2.09. The summed E-state index contributed by atoms with van der Waals surface area (Å²) in [5.41, 5.74) is 1.63. The first kappa shape index (κ1) is 14.5. The highest BCUT2D eigenvalue weighted by atomic mass is 32.2. The Hall–Kier alpha value is -2.41. The summed E-state index contributed by atoms with van der Waals surface area (Å²) in [7, 11) is -1.62. The minimum atomic E-state index is -3.36. The minimum Gasteiger partial charge on any atom is -0.493 e. The lowest BCUT2D eigenvalue weighted by molar-refractivity contribution is 0.455. The van der Waals surface area contributed by atoms with E-state index in [-0.39, 0.29) is 16.5 Å². The van der Waals surface area contributed by atoms with Crippen LogP contribution in [0.4, 0.5) is 0 Å². The van der Waals surface area contributed by atoms with Crippen molar-refractivity contribution in [3.63, 3.8) is 0 Å². The van der Waals surface area contributed by atoms with E-state index >= 15 is 0 Å². The van der Waals surface area contributed by atoms with Gasteiger partial charge in [-0.05, 0) is 18.2 Å². The van der Waals surface area contributed by atoms with Crippen molar-refractivity contribution in [3.8, 4) is 17.3 Å². The van der Waals surface area contributed by atoms with E-state index in [0.29, 0.717) is 22.6 Å². The van der Waals surface area contributed by atoms with Crippen molar-refractivity contribution in [1.29, 1.82) is 0 Å². The Labute approximate surface area is 128 Å². The molecule has 2 aromatic heterocycles. The second-order valence-corrected chi connectivity index (χ2v) is 7.15. The van der Waals surface area contributed by atoms with Gasteiger partial charge in [-0.3, -0.25) is 0 Å². The molecule has 7 heteroatoms. The van der Waals surface area contributed by atoms with Gasteiger partial charge in [-0.2, -0.15) is 4.98 Å². The number of hydrogen-bond donors (Lipinski definition) is 1. The summed E-state index contributed by atoms with van der Waals surface area (Å²) in [6, 6.07) is 9.88. The number of aromatic nitrogens is 3. The molecule has 0 saturated heterocycles. The van der Waals surface area contributed by atoms with Crippen LogP contribution in [0.2, 0.25) is 0 Å². The highest BCUT2D eigenvalue weighted by Crippen LogP contribution is 2.29. The number of nitrogens with zero attached hydrogens (tertiary/aromatic N) is 3. The Balaban J connectivity index is 2.32. The molecule has 1 aromatic carbocycles. The summed E-state index contributed by atoms with van der Waals surface area (Å²) in [6.07, 6.45) is 0. The predicted octanol–water partition coefficient (Wildman–Crippen LogP) is 2.13. The number of imidazole rings is 1. The number of fused-ring (bicyclic) bond motifs is 1. The van der Waals surface area contributed by atoms with Gasteiger partial charge in [0.25, 0.3) is 0 Å². The fraction of sp³-hybridized carbons (Fsp3) is 0.200. The maximum atomic E-state index is 12.3. The third-order valence-electron chi connectivity index (χ3n) is 3.54. The third-order valence-corrected chi connectivity index (χ3v) is 5.33. The van der Waals surface area contributed by atoms with Crippen LogP contribution in [-0.2, 0) is 16.9 Å². The lowest BCUT2D eigenvalue weighted by atomic mass is 10.2. The van der Waals surface area contributed by atoms with Crippen LogP contribution in [0.3, 0.4) is 0 Å². The average Bonchev–Trinajstić information content (AvgIpc) is 2.84. The van der Waals surface area contributed by atoms with Crippen molar-refractivity contribution in [2.24, 2.45) is 7.05 Å². The molecular weight excluding hydrogens is 302 g/mol. The molecule has 0 unspecified atom stereocenters. The molecule has 0 aliphatic heterocycles. The van der Waals surface area contributed by atoms with Crippen molar-refractivity contribution < 1.29 is 13.5 Å². The third kappa shape index (κ3) is 2.23. The molecule has 3 rings (SSSR count). The maximum Gasteiger partial charge on any atom is 0.212 e. The average molecular weight is 317 g/mol. The zero-order chi connectivity index (χ0) is 15.9. The van der Waals surface area contributed by atoms with E-state index < -0.39 is 9.84 Å².